The summed E-state index contributed by atoms with van der Waals surface area (Å²) >= 11 is 0. The molecule has 5 heteroatoms. The third-order valence-electron chi connectivity index (χ3n) is 5.86. The molecular weight excluding hydrogens is 341 g/mol. The van der Waals surface area contributed by atoms with Crippen LogP contribution in [0.3, 0.4) is 0 Å². The number of hydrogen-bond acceptors (Lipinski definition) is 3. The third kappa shape index (κ3) is 3.83. The number of nitrogens with zero attached hydrogens (tertiary/aromatic N) is 2. The van der Waals surface area contributed by atoms with E-state index in [4.69, 9.17) is 0 Å². The molecule has 0 bridgehead atoms. The second kappa shape index (κ2) is 7.69. The molecule has 1 unspecified atom stereocenters. The number of halogens is 1. The highest BCUT2D eigenvalue weighted by atomic mass is 19.1. The topological polar surface area (TPSA) is 35.6 Å². The number of para-hydroxylation sites is 1. The fourth-order valence-electron chi connectivity index (χ4n) is 4.29. The van der Waals surface area contributed by atoms with Gasteiger partial charge in [0.2, 0.25) is 0 Å². The number of rotatable bonds is 4. The first kappa shape index (κ1) is 18.0. The van der Waals surface area contributed by atoms with Crippen LogP contribution < -0.4 is 10.2 Å². The van der Waals surface area contributed by atoms with Gasteiger partial charge in [0, 0.05) is 36.9 Å². The Hall–Kier alpha value is -2.40. The SMILES string of the molecule is CC(NC(=O)c1ccc(F)cc1)N1CCC(N2CCc3ccccc32)CC1. The zero-order chi connectivity index (χ0) is 18.8. The van der Waals surface area contributed by atoms with E-state index < -0.39 is 0 Å². The van der Waals surface area contributed by atoms with E-state index in [0.717, 1.165) is 38.9 Å². The average Bonchev–Trinajstić information content (AvgIpc) is 3.12. The lowest BCUT2D eigenvalue weighted by atomic mass is 10.0. The molecule has 2 aromatic carbocycles. The van der Waals surface area contributed by atoms with Crippen molar-refractivity contribution in [3.8, 4) is 0 Å². The van der Waals surface area contributed by atoms with E-state index in [1.807, 2.05) is 6.92 Å². The Morgan fingerprint density at radius 2 is 1.78 bits per heavy atom. The number of carbonyl (C=O) groups is 1. The Bertz CT molecular complexity index is 799. The molecule has 0 saturated carbocycles. The number of carbonyl (C=O) groups excluding carboxylic acids is 1. The van der Waals surface area contributed by atoms with Crippen LogP contribution in [0.5, 0.6) is 0 Å². The molecule has 4 rings (SSSR count). The second-order valence-corrected chi connectivity index (χ2v) is 7.50. The van der Waals surface area contributed by atoms with Gasteiger partial charge in [-0.2, -0.15) is 0 Å². The minimum absolute atomic E-state index is 0.0330. The van der Waals surface area contributed by atoms with Gasteiger partial charge in [-0.3, -0.25) is 9.69 Å². The van der Waals surface area contributed by atoms with Crippen molar-refractivity contribution < 1.29 is 9.18 Å². The minimum Gasteiger partial charge on any atom is -0.368 e. The molecule has 2 aliphatic heterocycles. The molecule has 1 fully saturated rings. The molecule has 142 valence electrons. The van der Waals surface area contributed by atoms with Gasteiger partial charge in [-0.1, -0.05) is 18.2 Å². The first-order valence-electron chi connectivity index (χ1n) is 9.77. The summed E-state index contributed by atoms with van der Waals surface area (Å²) < 4.78 is 13.0. The van der Waals surface area contributed by atoms with Gasteiger partial charge >= 0.3 is 0 Å². The summed E-state index contributed by atoms with van der Waals surface area (Å²) in [6.45, 7) is 5.07. The lowest BCUT2D eigenvalue weighted by molar-refractivity contribution is 0.0828. The van der Waals surface area contributed by atoms with E-state index in [9.17, 15) is 9.18 Å². The molecule has 27 heavy (non-hydrogen) atoms. The predicted octanol–water partition coefficient (Wildman–Crippen LogP) is 3.43. The molecule has 0 aromatic heterocycles. The Kier molecular flexibility index (Phi) is 5.12. The molecule has 2 aromatic rings. The minimum atomic E-state index is -0.329. The molecule has 4 nitrogen and oxygen atoms in total. The second-order valence-electron chi connectivity index (χ2n) is 7.50. The van der Waals surface area contributed by atoms with Gasteiger partial charge in [0.05, 0.1) is 6.17 Å². The lowest BCUT2D eigenvalue weighted by Crippen LogP contribution is -2.52. The maximum atomic E-state index is 13.0. The number of piperidine rings is 1. The van der Waals surface area contributed by atoms with Gasteiger partial charge in [0.25, 0.3) is 5.91 Å². The Balaban J connectivity index is 1.31. The van der Waals surface area contributed by atoms with E-state index in [0.29, 0.717) is 11.6 Å². The molecule has 0 radical (unpaired) electrons. The van der Waals surface area contributed by atoms with Gasteiger partial charge in [-0.15, -0.1) is 0 Å². The molecule has 2 aliphatic rings. The van der Waals surface area contributed by atoms with Crippen molar-refractivity contribution in [2.75, 3.05) is 24.5 Å². The number of amides is 1. The Morgan fingerprint density at radius 3 is 2.52 bits per heavy atom. The summed E-state index contributed by atoms with van der Waals surface area (Å²) in [5.74, 6) is -0.483. The van der Waals surface area contributed by atoms with Crippen LogP contribution in [0.2, 0.25) is 0 Å². The molecule has 1 atom stereocenters. The lowest BCUT2D eigenvalue weighted by Gasteiger charge is -2.40. The fourth-order valence-corrected chi connectivity index (χ4v) is 4.29. The average molecular weight is 367 g/mol. The van der Waals surface area contributed by atoms with Crippen molar-refractivity contribution in [3.63, 3.8) is 0 Å². The number of nitrogens with one attached hydrogen (secondary N) is 1. The van der Waals surface area contributed by atoms with E-state index in [-0.39, 0.29) is 17.9 Å². The van der Waals surface area contributed by atoms with Crippen LogP contribution in [0.1, 0.15) is 35.7 Å². The van der Waals surface area contributed by atoms with Gasteiger partial charge in [0.15, 0.2) is 0 Å². The number of likely N-dealkylation sites (tertiary alicyclic amines) is 1. The fraction of sp³-hybridized carbons (Fsp3) is 0.409. The van der Waals surface area contributed by atoms with E-state index in [2.05, 4.69) is 39.4 Å². The first-order valence-corrected chi connectivity index (χ1v) is 9.77. The molecule has 0 aliphatic carbocycles. The maximum absolute atomic E-state index is 13.0. The molecule has 0 spiro atoms. The molecule has 1 saturated heterocycles. The highest BCUT2D eigenvalue weighted by molar-refractivity contribution is 5.94. The summed E-state index contributed by atoms with van der Waals surface area (Å²) in [5.41, 5.74) is 3.35. The highest BCUT2D eigenvalue weighted by Gasteiger charge is 2.30. The maximum Gasteiger partial charge on any atom is 0.252 e. The van der Waals surface area contributed by atoms with Gasteiger partial charge in [-0.05, 0) is 62.1 Å². The monoisotopic (exact) mass is 367 g/mol. The standard InChI is InChI=1S/C22H26FN3O/c1-16(24-22(27)18-6-8-19(23)9-7-18)25-13-11-20(12-14-25)26-15-10-17-4-2-3-5-21(17)26/h2-9,16,20H,10-15H2,1H3,(H,24,27). The summed E-state index contributed by atoms with van der Waals surface area (Å²) in [6, 6.07) is 15.0. The Labute approximate surface area is 160 Å². The van der Waals surface area contributed by atoms with Crippen LogP contribution in [0.25, 0.3) is 0 Å². The van der Waals surface area contributed by atoms with Gasteiger partial charge in [0.1, 0.15) is 5.82 Å². The van der Waals surface area contributed by atoms with E-state index >= 15 is 0 Å². The van der Waals surface area contributed by atoms with E-state index in [1.54, 1.807) is 0 Å². The van der Waals surface area contributed by atoms with Crippen molar-refractivity contribution in [3.05, 3.63) is 65.5 Å². The number of fused-ring (bicyclic) bond motifs is 1. The zero-order valence-corrected chi connectivity index (χ0v) is 15.7. The smallest absolute Gasteiger partial charge is 0.252 e. The molecular formula is C22H26FN3O. The number of anilines is 1. The van der Waals surface area contributed by atoms with Gasteiger partial charge in [-0.25, -0.2) is 4.39 Å². The zero-order valence-electron chi connectivity index (χ0n) is 15.7. The van der Waals surface area contributed by atoms with Crippen molar-refractivity contribution in [2.45, 2.75) is 38.4 Å². The summed E-state index contributed by atoms with van der Waals surface area (Å²) in [7, 11) is 0. The normalized spacial score (nSPS) is 19.0. The Morgan fingerprint density at radius 1 is 1.07 bits per heavy atom. The number of benzene rings is 2. The van der Waals surface area contributed by atoms with E-state index in [1.165, 1.54) is 35.5 Å². The van der Waals surface area contributed by atoms with Crippen molar-refractivity contribution in [1.82, 2.24) is 10.2 Å². The molecule has 2 heterocycles. The summed E-state index contributed by atoms with van der Waals surface area (Å²) in [6.07, 6.45) is 3.31. The summed E-state index contributed by atoms with van der Waals surface area (Å²) in [4.78, 5) is 17.2. The van der Waals surface area contributed by atoms with Gasteiger partial charge < -0.3 is 10.2 Å². The highest BCUT2D eigenvalue weighted by Crippen LogP contribution is 2.32. The molecule has 1 N–H and O–H groups in total. The predicted molar refractivity (Wildman–Crippen MR) is 105 cm³/mol. The van der Waals surface area contributed by atoms with Crippen molar-refractivity contribution in [1.29, 1.82) is 0 Å². The van der Waals surface area contributed by atoms with Crippen molar-refractivity contribution >= 4 is 11.6 Å². The van der Waals surface area contributed by atoms with Crippen LogP contribution in [0, 0.1) is 5.82 Å². The summed E-state index contributed by atoms with van der Waals surface area (Å²) in [5, 5.41) is 3.04. The van der Waals surface area contributed by atoms with Crippen LogP contribution in [-0.2, 0) is 6.42 Å². The van der Waals surface area contributed by atoms with Crippen LogP contribution in [-0.4, -0.2) is 42.6 Å². The van der Waals surface area contributed by atoms with Crippen LogP contribution >= 0.6 is 0 Å². The van der Waals surface area contributed by atoms with Crippen LogP contribution in [0.15, 0.2) is 48.5 Å². The quantitative estimate of drug-likeness (QED) is 0.899. The third-order valence-corrected chi connectivity index (χ3v) is 5.86. The first-order chi connectivity index (χ1) is 13.1. The molecule has 1 amide bonds. The largest absolute Gasteiger partial charge is 0.368 e. The van der Waals surface area contributed by atoms with Crippen LogP contribution in [0.4, 0.5) is 10.1 Å². The van der Waals surface area contributed by atoms with Crippen molar-refractivity contribution in [2.24, 2.45) is 0 Å². The number of hydrogen-bond donors (Lipinski definition) is 1.